The number of rotatable bonds is 5. The lowest BCUT2D eigenvalue weighted by Crippen LogP contribution is -2.42. The Morgan fingerprint density at radius 3 is 2.73 bits per heavy atom. The van der Waals surface area contributed by atoms with Gasteiger partial charge in [0.15, 0.2) is 5.82 Å². The van der Waals surface area contributed by atoms with Crippen LogP contribution in [0.25, 0.3) is 0 Å². The van der Waals surface area contributed by atoms with Gasteiger partial charge in [-0.2, -0.15) is 9.29 Å². The molecule has 0 atom stereocenters. The Balaban J connectivity index is 1.55. The number of carbonyl (C=O) groups is 1. The maximum Gasteiger partial charge on any atom is 0.246 e. The molecule has 3 rings (SSSR count). The fourth-order valence-electron chi connectivity index (χ4n) is 2.85. The number of carbonyl (C=O) groups excluding carboxylic acids is 1. The molecule has 1 aliphatic heterocycles. The number of halogens is 1. The minimum Gasteiger partial charge on any atom is -0.347 e. The molecule has 0 saturated carbocycles. The van der Waals surface area contributed by atoms with Crippen LogP contribution in [0.1, 0.15) is 24.6 Å². The first kappa shape index (κ1) is 18.8. The van der Waals surface area contributed by atoms with Crippen LogP contribution in [0.15, 0.2) is 33.7 Å². The molecule has 0 unspecified atom stereocenters. The maximum absolute atomic E-state index is 12.7. The molecule has 140 valence electrons. The third-order valence-corrected chi connectivity index (χ3v) is 6.37. The molecule has 1 aromatic carbocycles. The highest BCUT2D eigenvalue weighted by Crippen LogP contribution is 2.25. The quantitative estimate of drug-likeness (QED) is 0.822. The lowest BCUT2D eigenvalue weighted by atomic mass is 9.97. The second-order valence-corrected chi connectivity index (χ2v) is 8.46. The minimum absolute atomic E-state index is 0.138. The van der Waals surface area contributed by atoms with Crippen LogP contribution in [0, 0.1) is 12.8 Å². The van der Waals surface area contributed by atoms with E-state index in [0.717, 1.165) is 0 Å². The molecule has 1 saturated heterocycles. The second kappa shape index (κ2) is 7.73. The van der Waals surface area contributed by atoms with Crippen molar-refractivity contribution in [3.8, 4) is 0 Å². The van der Waals surface area contributed by atoms with Gasteiger partial charge in [0.05, 0.1) is 11.4 Å². The zero-order valence-corrected chi connectivity index (χ0v) is 15.8. The predicted octanol–water partition coefficient (Wildman–Crippen LogP) is 1.75. The number of nitrogens with zero attached hydrogens (tertiary/aromatic N) is 3. The second-order valence-electron chi connectivity index (χ2n) is 6.09. The summed E-state index contributed by atoms with van der Waals surface area (Å²) < 4.78 is 31.7. The third kappa shape index (κ3) is 4.22. The van der Waals surface area contributed by atoms with Gasteiger partial charge in [-0.15, -0.1) is 0 Å². The van der Waals surface area contributed by atoms with Gasteiger partial charge in [-0.3, -0.25) is 4.79 Å². The van der Waals surface area contributed by atoms with Gasteiger partial charge in [0.1, 0.15) is 0 Å². The van der Waals surface area contributed by atoms with E-state index in [1.165, 1.54) is 16.4 Å². The van der Waals surface area contributed by atoms with Gasteiger partial charge >= 0.3 is 0 Å². The van der Waals surface area contributed by atoms with Crippen LogP contribution in [0.4, 0.5) is 0 Å². The summed E-state index contributed by atoms with van der Waals surface area (Å²) in [5.41, 5.74) is 0. The molecular formula is C16H19ClN4O4S. The molecule has 26 heavy (non-hydrogen) atoms. The van der Waals surface area contributed by atoms with Crippen LogP contribution in [0.5, 0.6) is 0 Å². The van der Waals surface area contributed by atoms with Gasteiger partial charge in [0.25, 0.3) is 0 Å². The number of hydrogen-bond acceptors (Lipinski definition) is 6. The van der Waals surface area contributed by atoms with Crippen LogP contribution >= 0.6 is 11.6 Å². The van der Waals surface area contributed by atoms with E-state index in [9.17, 15) is 13.2 Å². The topological polar surface area (TPSA) is 105 Å². The summed E-state index contributed by atoms with van der Waals surface area (Å²) in [5.74, 6) is 0.469. The van der Waals surface area contributed by atoms with E-state index in [1.54, 1.807) is 19.1 Å². The molecule has 0 spiro atoms. The highest BCUT2D eigenvalue weighted by Gasteiger charge is 2.32. The van der Waals surface area contributed by atoms with E-state index in [1.807, 2.05) is 0 Å². The molecule has 0 bridgehead atoms. The van der Waals surface area contributed by atoms with Gasteiger partial charge < -0.3 is 9.84 Å². The number of piperidine rings is 1. The monoisotopic (exact) mass is 398 g/mol. The Kier molecular flexibility index (Phi) is 5.59. The number of sulfonamides is 1. The van der Waals surface area contributed by atoms with Gasteiger partial charge in [-0.1, -0.05) is 22.8 Å². The van der Waals surface area contributed by atoms with Gasteiger partial charge in [0.2, 0.25) is 21.8 Å². The van der Waals surface area contributed by atoms with Gasteiger partial charge in [-0.05, 0) is 38.0 Å². The fourth-order valence-corrected chi connectivity index (χ4v) is 4.62. The standard InChI is InChI=1S/C16H19ClN4O4S/c1-11-19-15(25-20-11)10-18-16(22)12-5-7-21(8-6-12)26(23,24)14-4-2-3-13(17)9-14/h2-4,9,12H,5-8,10H2,1H3,(H,18,22). The summed E-state index contributed by atoms with van der Waals surface area (Å²) in [4.78, 5) is 16.5. The molecule has 10 heteroatoms. The zero-order chi connectivity index (χ0) is 18.7. The molecule has 2 aromatic rings. The normalized spacial score (nSPS) is 16.5. The molecule has 2 heterocycles. The SMILES string of the molecule is Cc1noc(CNC(=O)C2CCN(S(=O)(=O)c3cccc(Cl)c3)CC2)n1. The third-order valence-electron chi connectivity index (χ3n) is 4.24. The van der Waals surface area contributed by atoms with Crippen molar-refractivity contribution in [2.45, 2.75) is 31.2 Å². The van der Waals surface area contributed by atoms with E-state index in [2.05, 4.69) is 15.5 Å². The fraction of sp³-hybridized carbons (Fsp3) is 0.438. The summed E-state index contributed by atoms with van der Waals surface area (Å²) in [6, 6.07) is 6.19. The number of amides is 1. The molecule has 0 aliphatic carbocycles. The summed E-state index contributed by atoms with van der Waals surface area (Å²) in [6.07, 6.45) is 0.906. The first-order valence-corrected chi connectivity index (χ1v) is 10.0. The summed E-state index contributed by atoms with van der Waals surface area (Å²) in [7, 11) is -3.60. The van der Waals surface area contributed by atoms with Crippen LogP contribution in [-0.4, -0.2) is 41.9 Å². The van der Waals surface area contributed by atoms with Crippen LogP contribution in [0.2, 0.25) is 5.02 Å². The Hall–Kier alpha value is -1.97. The average molecular weight is 399 g/mol. The number of benzene rings is 1. The first-order chi connectivity index (χ1) is 12.4. The molecule has 0 radical (unpaired) electrons. The van der Waals surface area contributed by atoms with E-state index >= 15 is 0 Å². The van der Waals surface area contributed by atoms with Crippen LogP contribution in [0.3, 0.4) is 0 Å². The van der Waals surface area contributed by atoms with Crippen molar-refractivity contribution >= 4 is 27.5 Å². The van der Waals surface area contributed by atoms with Crippen molar-refractivity contribution in [3.63, 3.8) is 0 Å². The summed E-state index contributed by atoms with van der Waals surface area (Å²) >= 11 is 5.89. The first-order valence-electron chi connectivity index (χ1n) is 8.19. The predicted molar refractivity (Wildman–Crippen MR) is 93.8 cm³/mol. The Bertz CT molecular complexity index is 891. The van der Waals surface area contributed by atoms with Crippen molar-refractivity contribution < 1.29 is 17.7 Å². The largest absolute Gasteiger partial charge is 0.347 e. The number of hydrogen-bond donors (Lipinski definition) is 1. The van der Waals surface area contributed by atoms with Crippen LogP contribution < -0.4 is 5.32 Å². The average Bonchev–Trinajstić information content (AvgIpc) is 3.05. The van der Waals surface area contributed by atoms with E-state index < -0.39 is 10.0 Å². The van der Waals surface area contributed by atoms with Gasteiger partial charge in [0, 0.05) is 24.0 Å². The molecule has 1 fully saturated rings. The van der Waals surface area contributed by atoms with E-state index in [4.69, 9.17) is 16.1 Å². The summed E-state index contributed by atoms with van der Waals surface area (Å²) in [5, 5.41) is 6.78. The smallest absolute Gasteiger partial charge is 0.246 e. The molecule has 1 aromatic heterocycles. The van der Waals surface area contributed by atoms with E-state index in [-0.39, 0.29) is 36.4 Å². The number of aromatic nitrogens is 2. The van der Waals surface area contributed by atoms with Crippen LogP contribution in [-0.2, 0) is 21.4 Å². The highest BCUT2D eigenvalue weighted by molar-refractivity contribution is 7.89. The van der Waals surface area contributed by atoms with Crippen molar-refractivity contribution in [1.82, 2.24) is 19.8 Å². The highest BCUT2D eigenvalue weighted by atomic mass is 35.5. The zero-order valence-electron chi connectivity index (χ0n) is 14.2. The number of aryl methyl sites for hydroxylation is 1. The lowest BCUT2D eigenvalue weighted by molar-refractivity contribution is -0.126. The molecule has 8 nitrogen and oxygen atoms in total. The van der Waals surface area contributed by atoms with Crippen molar-refractivity contribution in [1.29, 1.82) is 0 Å². The van der Waals surface area contributed by atoms with E-state index in [0.29, 0.717) is 29.6 Å². The summed E-state index contributed by atoms with van der Waals surface area (Å²) in [6.45, 7) is 2.44. The Labute approximate surface area is 156 Å². The Morgan fingerprint density at radius 2 is 2.12 bits per heavy atom. The molecular weight excluding hydrogens is 380 g/mol. The Morgan fingerprint density at radius 1 is 1.38 bits per heavy atom. The van der Waals surface area contributed by atoms with Crippen molar-refractivity contribution in [3.05, 3.63) is 41.0 Å². The maximum atomic E-state index is 12.7. The minimum atomic E-state index is -3.60. The molecule has 1 amide bonds. The molecule has 1 aliphatic rings. The van der Waals surface area contributed by atoms with Crippen molar-refractivity contribution in [2.75, 3.05) is 13.1 Å². The van der Waals surface area contributed by atoms with Gasteiger partial charge in [-0.25, -0.2) is 8.42 Å². The van der Waals surface area contributed by atoms with Crippen molar-refractivity contribution in [2.24, 2.45) is 5.92 Å². The number of nitrogens with one attached hydrogen (secondary N) is 1. The molecule has 1 N–H and O–H groups in total. The lowest BCUT2D eigenvalue weighted by Gasteiger charge is -2.30.